The molecule has 4 rings (SSSR count). The second-order valence-electron chi connectivity index (χ2n) is 6.59. The van der Waals surface area contributed by atoms with Gasteiger partial charge in [-0.15, -0.1) is 0 Å². The zero-order valence-corrected chi connectivity index (χ0v) is 14.4. The van der Waals surface area contributed by atoms with E-state index in [0.717, 1.165) is 44.8 Å². The second-order valence-corrected chi connectivity index (χ2v) is 7.40. The number of benzene rings is 2. The lowest BCUT2D eigenvalue weighted by molar-refractivity contribution is 0.130. The van der Waals surface area contributed by atoms with Crippen molar-refractivity contribution in [2.75, 3.05) is 19.7 Å². The third-order valence-corrected chi connectivity index (χ3v) is 5.90. The van der Waals surface area contributed by atoms with Crippen LogP contribution in [0.15, 0.2) is 42.5 Å². The number of rotatable bonds is 2. The van der Waals surface area contributed by atoms with Crippen molar-refractivity contribution < 1.29 is 4.74 Å². The monoisotopic (exact) mass is 347 g/mol. The van der Waals surface area contributed by atoms with Crippen molar-refractivity contribution in [3.63, 3.8) is 0 Å². The van der Waals surface area contributed by atoms with Gasteiger partial charge in [-0.25, -0.2) is 0 Å². The van der Waals surface area contributed by atoms with Crippen LogP contribution in [0.25, 0.3) is 0 Å². The maximum Gasteiger partial charge on any atom is 0.123 e. The molecule has 1 saturated heterocycles. The largest absolute Gasteiger partial charge is 0.492 e. The normalized spacial score (nSPS) is 19.6. The molecule has 2 aromatic carbocycles. The summed E-state index contributed by atoms with van der Waals surface area (Å²) in [6.45, 7) is 3.91. The van der Waals surface area contributed by atoms with Gasteiger partial charge < -0.3 is 4.74 Å². The van der Waals surface area contributed by atoms with Crippen molar-refractivity contribution in [3.05, 3.63) is 63.6 Å². The zero-order valence-electron chi connectivity index (χ0n) is 12.9. The molecule has 0 radical (unpaired) electrons. The van der Waals surface area contributed by atoms with E-state index in [1.165, 1.54) is 11.1 Å². The van der Waals surface area contributed by atoms with Crippen molar-refractivity contribution >= 4 is 23.2 Å². The molecule has 0 amide bonds. The Balaban J connectivity index is 1.45. The van der Waals surface area contributed by atoms with Crippen LogP contribution in [0.1, 0.15) is 24.0 Å². The summed E-state index contributed by atoms with van der Waals surface area (Å²) in [7, 11) is 0. The van der Waals surface area contributed by atoms with Gasteiger partial charge in [0.15, 0.2) is 0 Å². The van der Waals surface area contributed by atoms with Crippen LogP contribution in [0.2, 0.25) is 10.0 Å². The summed E-state index contributed by atoms with van der Waals surface area (Å²) in [4.78, 5) is 2.49. The molecule has 1 fully saturated rings. The van der Waals surface area contributed by atoms with Gasteiger partial charge in [-0.05, 0) is 49.7 Å². The van der Waals surface area contributed by atoms with Crippen LogP contribution in [0, 0.1) is 0 Å². The molecule has 2 aliphatic heterocycles. The van der Waals surface area contributed by atoms with Crippen molar-refractivity contribution in [1.29, 1.82) is 0 Å². The third-order valence-electron chi connectivity index (χ3n) is 5.17. The molecule has 2 aromatic rings. The molecule has 120 valence electrons. The van der Waals surface area contributed by atoms with Gasteiger partial charge in [-0.3, -0.25) is 4.90 Å². The maximum absolute atomic E-state index is 6.12. The highest BCUT2D eigenvalue weighted by atomic mass is 35.5. The third kappa shape index (κ3) is 2.84. The molecule has 0 aliphatic carbocycles. The van der Waals surface area contributed by atoms with Crippen molar-refractivity contribution in [1.82, 2.24) is 4.90 Å². The summed E-state index contributed by atoms with van der Waals surface area (Å²) in [5, 5.41) is 1.25. The first kappa shape index (κ1) is 15.3. The van der Waals surface area contributed by atoms with Gasteiger partial charge in [-0.1, -0.05) is 47.5 Å². The minimum absolute atomic E-state index is 0.213. The lowest BCUT2D eigenvalue weighted by atomic mass is 9.74. The number of fused-ring (bicyclic) bond motifs is 2. The smallest absolute Gasteiger partial charge is 0.123 e. The molecule has 0 saturated carbocycles. The number of likely N-dealkylation sites (tertiary alicyclic amines) is 1. The Morgan fingerprint density at radius 2 is 1.78 bits per heavy atom. The fourth-order valence-electron chi connectivity index (χ4n) is 3.77. The quantitative estimate of drug-likeness (QED) is 0.764. The maximum atomic E-state index is 6.12. The molecule has 0 atom stereocenters. The van der Waals surface area contributed by atoms with Crippen LogP contribution >= 0.6 is 23.2 Å². The second kappa shape index (κ2) is 6.01. The lowest BCUT2D eigenvalue weighted by Crippen LogP contribution is -2.43. The van der Waals surface area contributed by atoms with Gasteiger partial charge in [0.25, 0.3) is 0 Å². The van der Waals surface area contributed by atoms with Gasteiger partial charge in [-0.2, -0.15) is 0 Å². The molecule has 2 aliphatic rings. The van der Waals surface area contributed by atoms with Crippen molar-refractivity contribution in [2.45, 2.75) is 24.8 Å². The average Bonchev–Trinajstić information content (AvgIpc) is 2.92. The molecule has 0 N–H and O–H groups in total. The number of piperidine rings is 1. The van der Waals surface area contributed by atoms with Crippen LogP contribution in [0.4, 0.5) is 0 Å². The molecule has 23 heavy (non-hydrogen) atoms. The Kier molecular flexibility index (Phi) is 4.00. The molecule has 4 heteroatoms. The Morgan fingerprint density at radius 1 is 1.00 bits per heavy atom. The summed E-state index contributed by atoms with van der Waals surface area (Å²) in [6.07, 6.45) is 2.29. The van der Waals surface area contributed by atoms with Crippen LogP contribution < -0.4 is 4.74 Å². The van der Waals surface area contributed by atoms with E-state index >= 15 is 0 Å². The van der Waals surface area contributed by atoms with Gasteiger partial charge >= 0.3 is 0 Å². The van der Waals surface area contributed by atoms with Crippen molar-refractivity contribution in [2.24, 2.45) is 0 Å². The highest BCUT2D eigenvalue weighted by Gasteiger charge is 2.42. The summed E-state index contributed by atoms with van der Waals surface area (Å²) >= 11 is 12.1. The number of ether oxygens (including phenoxy) is 1. The summed E-state index contributed by atoms with van der Waals surface area (Å²) in [5.74, 6) is 1.07. The highest BCUT2D eigenvalue weighted by Crippen LogP contribution is 2.45. The SMILES string of the molecule is Clc1ccc(CN2CCC3(CC2)COc2ccccc23)cc1Cl. The predicted octanol–water partition coefficient (Wildman–Crippen LogP) is 4.92. The van der Waals surface area contributed by atoms with E-state index in [1.807, 2.05) is 12.1 Å². The Labute approximate surface area is 147 Å². The van der Waals surface area contributed by atoms with Gasteiger partial charge in [0.2, 0.25) is 0 Å². The van der Waals surface area contributed by atoms with E-state index in [1.54, 1.807) is 0 Å². The molecule has 1 spiro atoms. The van der Waals surface area contributed by atoms with E-state index in [-0.39, 0.29) is 5.41 Å². The Hall–Kier alpha value is -1.22. The summed E-state index contributed by atoms with van der Waals surface area (Å²) < 4.78 is 5.92. The van der Waals surface area contributed by atoms with E-state index < -0.39 is 0 Å². The molecule has 0 unspecified atom stereocenters. The number of hydrogen-bond acceptors (Lipinski definition) is 2. The number of hydrogen-bond donors (Lipinski definition) is 0. The van der Waals surface area contributed by atoms with E-state index in [2.05, 4.69) is 35.2 Å². The predicted molar refractivity (Wildman–Crippen MR) is 94.6 cm³/mol. The van der Waals surface area contributed by atoms with Gasteiger partial charge in [0.1, 0.15) is 5.75 Å². The first-order valence-electron chi connectivity index (χ1n) is 8.05. The first-order chi connectivity index (χ1) is 11.2. The zero-order chi connectivity index (χ0) is 15.9. The number of para-hydroxylation sites is 1. The fraction of sp³-hybridized carbons (Fsp3) is 0.368. The minimum Gasteiger partial charge on any atom is -0.492 e. The first-order valence-corrected chi connectivity index (χ1v) is 8.80. The van der Waals surface area contributed by atoms with E-state index in [4.69, 9.17) is 27.9 Å². The van der Waals surface area contributed by atoms with Crippen LogP contribution in [0.3, 0.4) is 0 Å². The molecular formula is C19H19Cl2NO. The number of nitrogens with zero attached hydrogens (tertiary/aromatic N) is 1. The summed E-state index contributed by atoms with van der Waals surface area (Å²) in [5.41, 5.74) is 2.83. The van der Waals surface area contributed by atoms with Crippen LogP contribution in [-0.2, 0) is 12.0 Å². The molecular weight excluding hydrogens is 329 g/mol. The van der Waals surface area contributed by atoms with Crippen LogP contribution in [-0.4, -0.2) is 24.6 Å². The molecule has 0 bridgehead atoms. The molecule has 2 nitrogen and oxygen atoms in total. The topological polar surface area (TPSA) is 12.5 Å². The summed E-state index contributed by atoms with van der Waals surface area (Å²) in [6, 6.07) is 14.4. The highest BCUT2D eigenvalue weighted by molar-refractivity contribution is 6.42. The van der Waals surface area contributed by atoms with E-state index in [0.29, 0.717) is 10.0 Å². The fourth-order valence-corrected chi connectivity index (χ4v) is 4.09. The Bertz CT molecular complexity index is 723. The molecule has 0 aromatic heterocycles. The minimum atomic E-state index is 0.213. The average molecular weight is 348 g/mol. The van der Waals surface area contributed by atoms with Gasteiger partial charge in [0.05, 0.1) is 16.7 Å². The van der Waals surface area contributed by atoms with Crippen LogP contribution in [0.5, 0.6) is 5.75 Å². The lowest BCUT2D eigenvalue weighted by Gasteiger charge is -2.38. The van der Waals surface area contributed by atoms with Gasteiger partial charge in [0, 0.05) is 17.5 Å². The van der Waals surface area contributed by atoms with Crippen molar-refractivity contribution in [3.8, 4) is 5.75 Å². The molecule has 2 heterocycles. The number of halogens is 2. The standard InChI is InChI=1S/C19H19Cl2NO/c20-16-6-5-14(11-17(16)21)12-22-9-7-19(8-10-22)13-23-18-4-2-1-3-15(18)19/h1-6,11H,7-10,12-13H2. The van der Waals surface area contributed by atoms with E-state index in [9.17, 15) is 0 Å². The Morgan fingerprint density at radius 3 is 2.57 bits per heavy atom.